The van der Waals surface area contributed by atoms with Gasteiger partial charge in [0.05, 0.1) is 11.9 Å². The summed E-state index contributed by atoms with van der Waals surface area (Å²) in [7, 11) is -3.89. The highest BCUT2D eigenvalue weighted by Gasteiger charge is 2.30. The fourth-order valence-corrected chi connectivity index (χ4v) is 4.21. The van der Waals surface area contributed by atoms with Crippen LogP contribution < -0.4 is 9.62 Å². The van der Waals surface area contributed by atoms with Crippen LogP contribution in [0, 0.1) is 12.7 Å². The number of halogens is 1. The highest BCUT2D eigenvalue weighted by Crippen LogP contribution is 2.20. The van der Waals surface area contributed by atoms with E-state index < -0.39 is 34.3 Å². The number of amides is 2. The second-order valence-electron chi connectivity index (χ2n) is 8.08. The summed E-state index contributed by atoms with van der Waals surface area (Å²) in [5.41, 5.74) is 1.85. The van der Waals surface area contributed by atoms with Gasteiger partial charge >= 0.3 is 0 Å². The average molecular weight is 478 g/mol. The Labute approximate surface area is 195 Å². The van der Waals surface area contributed by atoms with E-state index >= 15 is 0 Å². The molecule has 0 spiro atoms. The lowest BCUT2D eigenvalue weighted by molar-refractivity contribution is -0.139. The first-order chi connectivity index (χ1) is 15.5. The van der Waals surface area contributed by atoms with Crippen LogP contribution in [0.1, 0.15) is 37.8 Å². The van der Waals surface area contributed by atoms with Gasteiger partial charge in [0, 0.05) is 13.1 Å². The second-order valence-corrected chi connectivity index (χ2v) is 9.99. The van der Waals surface area contributed by atoms with Gasteiger partial charge in [-0.05, 0) is 44.0 Å². The molecule has 0 fully saturated rings. The fraction of sp³-hybridized carbons (Fsp3) is 0.417. The van der Waals surface area contributed by atoms with Crippen LogP contribution in [-0.4, -0.2) is 50.5 Å². The summed E-state index contributed by atoms with van der Waals surface area (Å²) >= 11 is 0. The number of aryl methyl sites for hydroxylation is 1. The quantitative estimate of drug-likeness (QED) is 0.504. The van der Waals surface area contributed by atoms with Crippen LogP contribution in [0.4, 0.5) is 10.1 Å². The number of carbonyl (C=O) groups excluding carboxylic acids is 2. The molecule has 0 aliphatic heterocycles. The molecule has 0 aliphatic rings. The highest BCUT2D eigenvalue weighted by molar-refractivity contribution is 7.92. The number of rotatable bonds is 11. The lowest BCUT2D eigenvalue weighted by Gasteiger charge is -2.31. The Balaban J connectivity index is 2.34. The fourth-order valence-electron chi connectivity index (χ4n) is 3.37. The van der Waals surface area contributed by atoms with Crippen molar-refractivity contribution < 1.29 is 22.4 Å². The van der Waals surface area contributed by atoms with Gasteiger partial charge in [0.15, 0.2) is 0 Å². The van der Waals surface area contributed by atoms with E-state index in [0.717, 1.165) is 40.6 Å². The monoisotopic (exact) mass is 477 g/mol. The minimum absolute atomic E-state index is 0.0430. The van der Waals surface area contributed by atoms with E-state index in [1.54, 1.807) is 6.92 Å². The zero-order valence-corrected chi connectivity index (χ0v) is 20.4. The number of nitrogens with one attached hydrogen (secondary N) is 1. The maximum Gasteiger partial charge on any atom is 0.244 e. The number of hydrogen-bond donors (Lipinski definition) is 1. The zero-order chi connectivity index (χ0) is 24.6. The minimum atomic E-state index is -3.89. The Bertz CT molecular complexity index is 1070. The molecule has 0 saturated heterocycles. The summed E-state index contributed by atoms with van der Waals surface area (Å²) in [6.45, 7) is 5.61. The van der Waals surface area contributed by atoms with E-state index in [1.807, 2.05) is 38.1 Å². The molecule has 2 amide bonds. The van der Waals surface area contributed by atoms with Crippen LogP contribution in [0.3, 0.4) is 0 Å². The molecule has 2 aromatic rings. The molecule has 180 valence electrons. The van der Waals surface area contributed by atoms with Crippen molar-refractivity contribution in [3.8, 4) is 0 Å². The third kappa shape index (κ3) is 7.85. The van der Waals surface area contributed by atoms with Crippen LogP contribution in [-0.2, 0) is 26.2 Å². The normalized spacial score (nSPS) is 12.2. The van der Waals surface area contributed by atoms with Gasteiger partial charge < -0.3 is 10.2 Å². The van der Waals surface area contributed by atoms with Gasteiger partial charge in [-0.2, -0.15) is 0 Å². The zero-order valence-electron chi connectivity index (χ0n) is 19.5. The molecule has 2 rings (SSSR count). The van der Waals surface area contributed by atoms with Gasteiger partial charge in [-0.25, -0.2) is 12.8 Å². The molecule has 0 saturated carbocycles. The molecule has 1 unspecified atom stereocenters. The molecule has 0 heterocycles. The van der Waals surface area contributed by atoms with E-state index in [2.05, 4.69) is 5.32 Å². The Morgan fingerprint density at radius 2 is 1.82 bits per heavy atom. The van der Waals surface area contributed by atoms with Gasteiger partial charge in [0.25, 0.3) is 0 Å². The third-order valence-corrected chi connectivity index (χ3v) is 6.35. The lowest BCUT2D eigenvalue weighted by Crippen LogP contribution is -2.51. The van der Waals surface area contributed by atoms with Gasteiger partial charge in [-0.3, -0.25) is 13.9 Å². The Morgan fingerprint density at radius 3 is 2.42 bits per heavy atom. The lowest BCUT2D eigenvalue weighted by atomic mass is 10.1. The molecule has 33 heavy (non-hydrogen) atoms. The molecular weight excluding hydrogens is 445 g/mol. The number of carbonyl (C=O) groups is 2. The van der Waals surface area contributed by atoms with E-state index in [1.165, 1.54) is 23.1 Å². The first kappa shape index (κ1) is 26.3. The molecule has 0 radical (unpaired) electrons. The average Bonchev–Trinajstić information content (AvgIpc) is 2.74. The predicted molar refractivity (Wildman–Crippen MR) is 128 cm³/mol. The van der Waals surface area contributed by atoms with Crippen LogP contribution in [0.2, 0.25) is 0 Å². The van der Waals surface area contributed by atoms with Crippen molar-refractivity contribution in [2.24, 2.45) is 0 Å². The summed E-state index contributed by atoms with van der Waals surface area (Å²) in [4.78, 5) is 27.5. The van der Waals surface area contributed by atoms with Gasteiger partial charge in [-0.1, -0.05) is 49.2 Å². The molecule has 7 nitrogen and oxygen atoms in total. The molecule has 0 aromatic heterocycles. The van der Waals surface area contributed by atoms with E-state index in [9.17, 15) is 22.4 Å². The number of nitrogens with zero attached hydrogens (tertiary/aromatic N) is 2. The molecule has 9 heteroatoms. The standard InChI is InChI=1S/C24H32FN3O4S/c1-5-6-13-26-24(30)19(3)27(16-20-10-7-9-18(2)14-20)23(29)17-28(33(4,31)32)22-12-8-11-21(25)15-22/h7-12,14-15,19H,5-6,13,16-17H2,1-4H3,(H,26,30). The second kappa shape index (κ2) is 11.8. The minimum Gasteiger partial charge on any atom is -0.354 e. The number of anilines is 1. The smallest absolute Gasteiger partial charge is 0.244 e. The molecule has 2 aromatic carbocycles. The van der Waals surface area contributed by atoms with Crippen molar-refractivity contribution in [2.75, 3.05) is 23.7 Å². The Kier molecular flexibility index (Phi) is 9.40. The van der Waals surface area contributed by atoms with Crippen LogP contribution in [0.15, 0.2) is 48.5 Å². The SMILES string of the molecule is CCCCNC(=O)C(C)N(Cc1cccc(C)c1)C(=O)CN(c1cccc(F)c1)S(C)(=O)=O. The largest absolute Gasteiger partial charge is 0.354 e. The predicted octanol–water partition coefficient (Wildman–Crippen LogP) is 3.23. The van der Waals surface area contributed by atoms with Crippen molar-refractivity contribution in [3.63, 3.8) is 0 Å². The van der Waals surface area contributed by atoms with Crippen LogP contribution in [0.25, 0.3) is 0 Å². The number of unbranched alkanes of at least 4 members (excludes halogenated alkanes) is 1. The molecule has 0 bridgehead atoms. The van der Waals surface area contributed by atoms with Gasteiger partial charge in [0.2, 0.25) is 21.8 Å². The highest BCUT2D eigenvalue weighted by atomic mass is 32.2. The van der Waals surface area contributed by atoms with E-state index in [0.29, 0.717) is 6.54 Å². The topological polar surface area (TPSA) is 86.8 Å². The first-order valence-corrected chi connectivity index (χ1v) is 12.7. The Morgan fingerprint density at radius 1 is 1.12 bits per heavy atom. The third-order valence-electron chi connectivity index (χ3n) is 5.21. The van der Waals surface area contributed by atoms with E-state index in [-0.39, 0.29) is 18.1 Å². The maximum atomic E-state index is 13.7. The summed E-state index contributed by atoms with van der Waals surface area (Å²) in [6, 6.07) is 11.7. The molecule has 0 aliphatic carbocycles. The van der Waals surface area contributed by atoms with Crippen molar-refractivity contribution >= 4 is 27.5 Å². The summed E-state index contributed by atoms with van der Waals surface area (Å²) < 4.78 is 39.5. The van der Waals surface area contributed by atoms with Crippen molar-refractivity contribution in [2.45, 2.75) is 46.2 Å². The summed E-state index contributed by atoms with van der Waals surface area (Å²) in [5, 5.41) is 2.82. The number of hydrogen-bond acceptors (Lipinski definition) is 4. The van der Waals surface area contributed by atoms with Crippen molar-refractivity contribution in [1.29, 1.82) is 0 Å². The molecule has 1 atom stereocenters. The van der Waals surface area contributed by atoms with Crippen LogP contribution >= 0.6 is 0 Å². The maximum absolute atomic E-state index is 13.7. The summed E-state index contributed by atoms with van der Waals surface area (Å²) in [6.07, 6.45) is 2.68. The van der Waals surface area contributed by atoms with Crippen molar-refractivity contribution in [1.82, 2.24) is 10.2 Å². The van der Waals surface area contributed by atoms with Crippen molar-refractivity contribution in [3.05, 3.63) is 65.5 Å². The molecular formula is C24H32FN3O4S. The van der Waals surface area contributed by atoms with Crippen LogP contribution in [0.5, 0.6) is 0 Å². The van der Waals surface area contributed by atoms with E-state index in [4.69, 9.17) is 0 Å². The summed E-state index contributed by atoms with van der Waals surface area (Å²) in [5.74, 6) is -1.50. The van der Waals surface area contributed by atoms with Gasteiger partial charge in [0.1, 0.15) is 18.4 Å². The van der Waals surface area contributed by atoms with Gasteiger partial charge in [-0.15, -0.1) is 0 Å². The number of benzene rings is 2. The number of sulfonamides is 1. The molecule has 1 N–H and O–H groups in total. The first-order valence-electron chi connectivity index (χ1n) is 10.9. The Hall–Kier alpha value is -2.94.